The molecule has 3 unspecified atom stereocenters. The molecular weight excluding hydrogens is 192 g/mol. The molecule has 3 heteroatoms. The van der Waals surface area contributed by atoms with Crippen LogP contribution in [0.4, 0.5) is 0 Å². The molecule has 2 nitrogen and oxygen atoms in total. The lowest BCUT2D eigenvalue weighted by Crippen LogP contribution is -2.31. The molecule has 1 aromatic heterocycles. The van der Waals surface area contributed by atoms with Gasteiger partial charge in [-0.15, -0.1) is 11.3 Å². The highest BCUT2D eigenvalue weighted by Crippen LogP contribution is 2.39. The van der Waals surface area contributed by atoms with Crippen LogP contribution in [0, 0.1) is 5.92 Å². The second-order valence-electron chi connectivity index (χ2n) is 4.22. The monoisotopic (exact) mass is 210 g/mol. The van der Waals surface area contributed by atoms with E-state index in [-0.39, 0.29) is 0 Å². The molecule has 1 aliphatic carbocycles. The van der Waals surface area contributed by atoms with Crippen molar-refractivity contribution in [2.24, 2.45) is 11.7 Å². The summed E-state index contributed by atoms with van der Waals surface area (Å²) in [6, 6.07) is 0.395. The molecule has 1 saturated carbocycles. The molecule has 0 bridgehead atoms. The van der Waals surface area contributed by atoms with E-state index in [0.717, 1.165) is 12.3 Å². The molecule has 1 fully saturated rings. The van der Waals surface area contributed by atoms with Gasteiger partial charge < -0.3 is 5.73 Å². The minimum atomic E-state index is 0.395. The zero-order valence-electron chi connectivity index (χ0n) is 8.65. The first kappa shape index (κ1) is 10.1. The third-order valence-electron chi connectivity index (χ3n) is 3.33. The maximum Gasteiger partial charge on any atom is 0.0959 e. The van der Waals surface area contributed by atoms with Gasteiger partial charge in [0.05, 0.1) is 5.01 Å². The molecule has 1 aliphatic rings. The molecule has 0 spiro atoms. The first-order valence-corrected chi connectivity index (χ1v) is 6.34. The summed E-state index contributed by atoms with van der Waals surface area (Å²) >= 11 is 1.78. The topological polar surface area (TPSA) is 38.9 Å². The summed E-state index contributed by atoms with van der Waals surface area (Å²) < 4.78 is 0. The van der Waals surface area contributed by atoms with Crippen LogP contribution in [0.25, 0.3) is 0 Å². The largest absolute Gasteiger partial charge is 0.328 e. The Bertz CT molecular complexity index is 271. The van der Waals surface area contributed by atoms with E-state index in [4.69, 9.17) is 5.73 Å². The van der Waals surface area contributed by atoms with Gasteiger partial charge in [-0.1, -0.05) is 13.3 Å². The maximum atomic E-state index is 6.02. The predicted octanol–water partition coefficient (Wildman–Crippen LogP) is 2.76. The Hall–Kier alpha value is -0.410. The molecule has 2 N–H and O–H groups in total. The molecule has 0 amide bonds. The SMILES string of the molecule is CCC1CCC(N)CC1c1nccs1. The van der Waals surface area contributed by atoms with Gasteiger partial charge in [0.2, 0.25) is 0 Å². The highest BCUT2D eigenvalue weighted by molar-refractivity contribution is 7.09. The molecule has 0 radical (unpaired) electrons. The summed E-state index contributed by atoms with van der Waals surface area (Å²) in [5, 5.41) is 3.37. The summed E-state index contributed by atoms with van der Waals surface area (Å²) in [6.45, 7) is 2.28. The molecule has 2 rings (SSSR count). The summed E-state index contributed by atoms with van der Waals surface area (Å²) in [6.07, 6.45) is 6.78. The average molecular weight is 210 g/mol. The fourth-order valence-corrected chi connectivity index (χ4v) is 3.32. The molecular formula is C11H18N2S. The normalized spacial score (nSPS) is 33.1. The summed E-state index contributed by atoms with van der Waals surface area (Å²) in [7, 11) is 0. The smallest absolute Gasteiger partial charge is 0.0959 e. The van der Waals surface area contributed by atoms with Crippen molar-refractivity contribution in [2.45, 2.75) is 44.6 Å². The Morgan fingerprint density at radius 1 is 1.57 bits per heavy atom. The fraction of sp³-hybridized carbons (Fsp3) is 0.727. The van der Waals surface area contributed by atoms with Crippen LogP contribution in [-0.4, -0.2) is 11.0 Å². The standard InChI is InChI=1S/C11H18N2S/c1-2-8-3-4-9(12)7-10(8)11-13-5-6-14-11/h5-6,8-10H,2-4,7,12H2,1H3. The van der Waals surface area contributed by atoms with Gasteiger partial charge in [-0.3, -0.25) is 0 Å². The molecule has 0 aromatic carbocycles. The van der Waals surface area contributed by atoms with Crippen LogP contribution in [0.3, 0.4) is 0 Å². The maximum absolute atomic E-state index is 6.02. The lowest BCUT2D eigenvalue weighted by atomic mass is 9.76. The van der Waals surface area contributed by atoms with E-state index in [1.54, 1.807) is 11.3 Å². The Balaban J connectivity index is 2.13. The first-order valence-electron chi connectivity index (χ1n) is 5.46. The summed E-state index contributed by atoms with van der Waals surface area (Å²) in [4.78, 5) is 4.44. The Kier molecular flexibility index (Phi) is 3.19. The average Bonchev–Trinajstić information content (AvgIpc) is 2.70. The van der Waals surface area contributed by atoms with Crippen LogP contribution in [0.5, 0.6) is 0 Å². The minimum absolute atomic E-state index is 0.395. The highest BCUT2D eigenvalue weighted by atomic mass is 32.1. The second kappa shape index (κ2) is 4.41. The number of thiazole rings is 1. The molecule has 14 heavy (non-hydrogen) atoms. The number of nitrogens with zero attached hydrogens (tertiary/aromatic N) is 1. The third kappa shape index (κ3) is 1.98. The van der Waals surface area contributed by atoms with Gasteiger partial charge in [0.25, 0.3) is 0 Å². The van der Waals surface area contributed by atoms with Crippen molar-refractivity contribution >= 4 is 11.3 Å². The highest BCUT2D eigenvalue weighted by Gasteiger charge is 2.30. The quantitative estimate of drug-likeness (QED) is 0.815. The van der Waals surface area contributed by atoms with Crippen LogP contribution in [0.2, 0.25) is 0 Å². The molecule has 0 saturated heterocycles. The van der Waals surface area contributed by atoms with Crippen molar-refractivity contribution in [1.29, 1.82) is 0 Å². The summed E-state index contributed by atoms with van der Waals surface area (Å²) in [5.41, 5.74) is 6.02. The lowest BCUT2D eigenvalue weighted by molar-refractivity contribution is 0.273. The zero-order chi connectivity index (χ0) is 9.97. The Labute approximate surface area is 89.5 Å². The molecule has 78 valence electrons. The van der Waals surface area contributed by atoms with Gasteiger partial charge in [0.15, 0.2) is 0 Å². The van der Waals surface area contributed by atoms with Crippen molar-refractivity contribution in [1.82, 2.24) is 4.98 Å². The van der Waals surface area contributed by atoms with E-state index < -0.39 is 0 Å². The van der Waals surface area contributed by atoms with E-state index in [9.17, 15) is 0 Å². The van der Waals surface area contributed by atoms with Gasteiger partial charge in [-0.2, -0.15) is 0 Å². The zero-order valence-corrected chi connectivity index (χ0v) is 9.46. The van der Waals surface area contributed by atoms with Crippen molar-refractivity contribution < 1.29 is 0 Å². The van der Waals surface area contributed by atoms with Gasteiger partial charge in [0.1, 0.15) is 0 Å². The number of nitrogens with two attached hydrogens (primary N) is 1. The van der Waals surface area contributed by atoms with Gasteiger partial charge in [0, 0.05) is 23.5 Å². The van der Waals surface area contributed by atoms with Gasteiger partial charge in [-0.25, -0.2) is 4.98 Å². The number of aromatic nitrogens is 1. The van der Waals surface area contributed by atoms with E-state index in [1.807, 2.05) is 6.20 Å². The van der Waals surface area contributed by atoms with Crippen molar-refractivity contribution in [3.8, 4) is 0 Å². The Morgan fingerprint density at radius 3 is 3.07 bits per heavy atom. The van der Waals surface area contributed by atoms with Crippen LogP contribution in [-0.2, 0) is 0 Å². The summed E-state index contributed by atoms with van der Waals surface area (Å²) in [5.74, 6) is 1.43. The molecule has 1 heterocycles. The third-order valence-corrected chi connectivity index (χ3v) is 4.23. The fourth-order valence-electron chi connectivity index (χ4n) is 2.47. The van der Waals surface area contributed by atoms with Crippen LogP contribution < -0.4 is 5.73 Å². The lowest BCUT2D eigenvalue weighted by Gasteiger charge is -2.32. The van der Waals surface area contributed by atoms with E-state index in [2.05, 4.69) is 17.3 Å². The predicted molar refractivity (Wildman–Crippen MR) is 60.5 cm³/mol. The molecule has 0 aliphatic heterocycles. The van der Waals surface area contributed by atoms with Crippen LogP contribution in [0.1, 0.15) is 43.5 Å². The van der Waals surface area contributed by atoms with Gasteiger partial charge in [-0.05, 0) is 25.2 Å². The Morgan fingerprint density at radius 2 is 2.43 bits per heavy atom. The van der Waals surface area contributed by atoms with Crippen LogP contribution >= 0.6 is 11.3 Å². The second-order valence-corrected chi connectivity index (χ2v) is 5.14. The van der Waals surface area contributed by atoms with Gasteiger partial charge >= 0.3 is 0 Å². The molecule has 1 aromatic rings. The van der Waals surface area contributed by atoms with Crippen LogP contribution in [0.15, 0.2) is 11.6 Å². The number of hydrogen-bond donors (Lipinski definition) is 1. The van der Waals surface area contributed by atoms with Crippen molar-refractivity contribution in [2.75, 3.05) is 0 Å². The van der Waals surface area contributed by atoms with E-state index in [1.165, 1.54) is 24.3 Å². The first-order chi connectivity index (χ1) is 6.81. The van der Waals surface area contributed by atoms with E-state index >= 15 is 0 Å². The minimum Gasteiger partial charge on any atom is -0.328 e. The van der Waals surface area contributed by atoms with E-state index in [0.29, 0.717) is 12.0 Å². The molecule has 3 atom stereocenters. The van der Waals surface area contributed by atoms with Crippen molar-refractivity contribution in [3.05, 3.63) is 16.6 Å². The van der Waals surface area contributed by atoms with Crippen molar-refractivity contribution in [3.63, 3.8) is 0 Å². The number of hydrogen-bond acceptors (Lipinski definition) is 3. The number of rotatable bonds is 2.